The molecule has 2 aliphatic heterocycles. The smallest absolute Gasteiger partial charge is 0.234 e. The van der Waals surface area contributed by atoms with Crippen LogP contribution in [0.15, 0.2) is 12.2 Å². The molecule has 5 nitrogen and oxygen atoms in total. The molecule has 0 aromatic rings. The molecule has 0 radical (unpaired) electrons. The van der Waals surface area contributed by atoms with Crippen molar-refractivity contribution in [2.24, 2.45) is 23.7 Å². The average Bonchev–Trinajstić information content (AvgIpc) is 3.06. The zero-order chi connectivity index (χ0) is 13.1. The van der Waals surface area contributed by atoms with Gasteiger partial charge >= 0.3 is 0 Å². The van der Waals surface area contributed by atoms with E-state index in [1.165, 1.54) is 4.90 Å². The van der Waals surface area contributed by atoms with Gasteiger partial charge in [-0.25, -0.2) is 0 Å². The highest BCUT2D eigenvalue weighted by atomic mass is 16.2. The molecule has 0 aromatic carbocycles. The third-order valence-electron chi connectivity index (χ3n) is 5.11. The molecule has 5 heteroatoms. The third kappa shape index (κ3) is 1.38. The van der Waals surface area contributed by atoms with Crippen molar-refractivity contribution in [1.82, 2.24) is 10.2 Å². The van der Waals surface area contributed by atoms with Crippen molar-refractivity contribution in [2.75, 3.05) is 6.54 Å². The molecule has 4 aliphatic rings. The van der Waals surface area contributed by atoms with Gasteiger partial charge in [0.25, 0.3) is 0 Å². The summed E-state index contributed by atoms with van der Waals surface area (Å²) in [6.07, 6.45) is 6.17. The van der Waals surface area contributed by atoms with E-state index in [2.05, 4.69) is 17.5 Å². The van der Waals surface area contributed by atoms with Crippen LogP contribution in [0, 0.1) is 23.7 Å². The fraction of sp³-hybridized carbons (Fsp3) is 0.643. The van der Waals surface area contributed by atoms with E-state index in [1.54, 1.807) is 0 Å². The molecular weight excluding hydrogens is 244 g/mol. The molecule has 2 aliphatic carbocycles. The predicted octanol–water partition coefficient (Wildman–Crippen LogP) is 0.0721. The summed E-state index contributed by atoms with van der Waals surface area (Å²) < 4.78 is 0. The Balaban J connectivity index is 1.60. The van der Waals surface area contributed by atoms with Gasteiger partial charge in [0, 0.05) is 13.0 Å². The Morgan fingerprint density at radius 3 is 2.21 bits per heavy atom. The minimum Gasteiger partial charge on any atom is -0.354 e. The van der Waals surface area contributed by atoms with Crippen LogP contribution in [0.3, 0.4) is 0 Å². The van der Waals surface area contributed by atoms with Crippen LogP contribution in [0.5, 0.6) is 0 Å². The van der Waals surface area contributed by atoms with E-state index < -0.39 is 0 Å². The number of fused-ring (bicyclic) bond motifs is 5. The van der Waals surface area contributed by atoms with Gasteiger partial charge in [-0.1, -0.05) is 12.2 Å². The second-order valence-corrected chi connectivity index (χ2v) is 6.04. The first-order chi connectivity index (χ1) is 9.16. The number of carbonyl (C=O) groups is 3. The van der Waals surface area contributed by atoms with Crippen molar-refractivity contribution in [2.45, 2.75) is 25.3 Å². The van der Waals surface area contributed by atoms with Gasteiger partial charge in [0.05, 0.1) is 17.9 Å². The molecule has 3 amide bonds. The number of piperidine rings is 1. The molecule has 1 N–H and O–H groups in total. The molecule has 100 valence electrons. The molecular formula is C14H16N2O3. The first kappa shape index (κ1) is 11.2. The molecule has 2 saturated heterocycles. The highest BCUT2D eigenvalue weighted by Crippen LogP contribution is 2.53. The van der Waals surface area contributed by atoms with Crippen LogP contribution in [0.2, 0.25) is 0 Å². The van der Waals surface area contributed by atoms with Crippen molar-refractivity contribution in [1.29, 1.82) is 0 Å². The number of hydrogen-bond acceptors (Lipinski definition) is 3. The highest BCUT2D eigenvalue weighted by Gasteiger charge is 2.60. The van der Waals surface area contributed by atoms with Gasteiger partial charge in [0.15, 0.2) is 0 Å². The Hall–Kier alpha value is -1.65. The van der Waals surface area contributed by atoms with E-state index in [4.69, 9.17) is 0 Å². The normalized spacial score (nSPS) is 43.9. The molecule has 0 spiro atoms. The maximum atomic E-state index is 12.5. The van der Waals surface area contributed by atoms with Gasteiger partial charge in [-0.3, -0.25) is 19.3 Å². The highest BCUT2D eigenvalue weighted by molar-refractivity contribution is 6.06. The minimum atomic E-state index is -0.136. The quantitative estimate of drug-likeness (QED) is 0.536. The molecule has 5 unspecified atom stereocenters. The summed E-state index contributed by atoms with van der Waals surface area (Å²) in [6.45, 7) is 0.415. The second-order valence-electron chi connectivity index (χ2n) is 6.04. The van der Waals surface area contributed by atoms with Crippen LogP contribution < -0.4 is 5.32 Å². The lowest BCUT2D eigenvalue weighted by Gasteiger charge is -2.30. The van der Waals surface area contributed by atoms with E-state index in [1.807, 2.05) is 0 Å². The van der Waals surface area contributed by atoms with E-state index in [0.717, 1.165) is 6.42 Å². The van der Waals surface area contributed by atoms with Gasteiger partial charge in [0.1, 0.15) is 0 Å². The summed E-state index contributed by atoms with van der Waals surface area (Å²) in [6, 6.07) is -0.136. The SMILES string of the molecule is O=C1CCC(N2C(=O)C3C4C=CC(C4)C3C2=O)CN1. The summed E-state index contributed by atoms with van der Waals surface area (Å²) in [5.41, 5.74) is 0. The van der Waals surface area contributed by atoms with Crippen LogP contribution >= 0.6 is 0 Å². The molecule has 1 saturated carbocycles. The molecule has 2 bridgehead atoms. The number of likely N-dealkylation sites (tertiary alicyclic amines) is 1. The van der Waals surface area contributed by atoms with Crippen molar-refractivity contribution in [3.8, 4) is 0 Å². The predicted molar refractivity (Wildman–Crippen MR) is 65.6 cm³/mol. The van der Waals surface area contributed by atoms with Gasteiger partial charge in [-0.15, -0.1) is 0 Å². The number of nitrogens with zero attached hydrogens (tertiary/aromatic N) is 1. The number of amides is 3. The van der Waals surface area contributed by atoms with Crippen LogP contribution in [-0.2, 0) is 14.4 Å². The molecule has 4 rings (SSSR count). The van der Waals surface area contributed by atoms with Gasteiger partial charge in [-0.05, 0) is 24.7 Å². The monoisotopic (exact) mass is 260 g/mol. The van der Waals surface area contributed by atoms with Crippen LogP contribution in [0.1, 0.15) is 19.3 Å². The summed E-state index contributed by atoms with van der Waals surface area (Å²) >= 11 is 0. The number of hydrogen-bond donors (Lipinski definition) is 1. The van der Waals surface area contributed by atoms with Crippen LogP contribution in [0.4, 0.5) is 0 Å². The number of nitrogens with one attached hydrogen (secondary N) is 1. The maximum absolute atomic E-state index is 12.5. The first-order valence-electron chi connectivity index (χ1n) is 6.99. The first-order valence-corrected chi connectivity index (χ1v) is 6.99. The Bertz CT molecular complexity index is 473. The largest absolute Gasteiger partial charge is 0.354 e. The molecule has 19 heavy (non-hydrogen) atoms. The minimum absolute atomic E-state index is 0.00648. The molecule has 3 fully saturated rings. The Morgan fingerprint density at radius 2 is 1.68 bits per heavy atom. The topological polar surface area (TPSA) is 66.5 Å². The number of imide groups is 1. The number of carbonyl (C=O) groups excluding carboxylic acids is 3. The number of rotatable bonds is 1. The Morgan fingerprint density at radius 1 is 1.05 bits per heavy atom. The Kier molecular flexibility index (Phi) is 2.17. The van der Waals surface area contributed by atoms with Crippen LogP contribution in [0.25, 0.3) is 0 Å². The van der Waals surface area contributed by atoms with E-state index in [-0.39, 0.29) is 47.4 Å². The molecule has 5 atom stereocenters. The number of allylic oxidation sites excluding steroid dienone is 2. The summed E-state index contributed by atoms with van der Waals surface area (Å²) in [5, 5.41) is 2.75. The third-order valence-corrected chi connectivity index (χ3v) is 5.11. The van der Waals surface area contributed by atoms with Crippen molar-refractivity contribution in [3.63, 3.8) is 0 Å². The average molecular weight is 260 g/mol. The summed E-state index contributed by atoms with van der Waals surface area (Å²) in [4.78, 5) is 37.7. The molecule has 0 aromatic heterocycles. The van der Waals surface area contributed by atoms with E-state index in [0.29, 0.717) is 19.4 Å². The lowest BCUT2D eigenvalue weighted by atomic mass is 9.85. The fourth-order valence-electron chi connectivity index (χ4n) is 4.23. The van der Waals surface area contributed by atoms with E-state index in [9.17, 15) is 14.4 Å². The zero-order valence-electron chi connectivity index (χ0n) is 10.5. The second kappa shape index (κ2) is 3.68. The van der Waals surface area contributed by atoms with E-state index >= 15 is 0 Å². The van der Waals surface area contributed by atoms with Crippen molar-refractivity contribution in [3.05, 3.63) is 12.2 Å². The van der Waals surface area contributed by atoms with Gasteiger partial charge < -0.3 is 5.32 Å². The van der Waals surface area contributed by atoms with Crippen molar-refractivity contribution >= 4 is 17.7 Å². The fourth-order valence-corrected chi connectivity index (χ4v) is 4.23. The summed E-state index contributed by atoms with van der Waals surface area (Å²) in [5.74, 6) is 0.266. The summed E-state index contributed by atoms with van der Waals surface area (Å²) in [7, 11) is 0. The van der Waals surface area contributed by atoms with Crippen molar-refractivity contribution < 1.29 is 14.4 Å². The zero-order valence-corrected chi connectivity index (χ0v) is 10.5. The Labute approximate surface area is 111 Å². The lowest BCUT2D eigenvalue weighted by Crippen LogP contribution is -2.51. The molecule has 2 heterocycles. The van der Waals surface area contributed by atoms with Gasteiger partial charge in [0.2, 0.25) is 17.7 Å². The standard InChI is InChI=1S/C14H16N2O3/c17-10-4-3-9(6-15-10)16-13(18)11-7-1-2-8(5-7)12(11)14(16)19/h1-2,7-9,11-12H,3-6H2,(H,15,17). The van der Waals surface area contributed by atoms with Crippen LogP contribution in [-0.4, -0.2) is 35.2 Å². The maximum Gasteiger partial charge on any atom is 0.234 e. The van der Waals surface area contributed by atoms with Gasteiger partial charge in [-0.2, -0.15) is 0 Å². The lowest BCUT2D eigenvalue weighted by molar-refractivity contribution is -0.145.